The van der Waals surface area contributed by atoms with Gasteiger partial charge in [0.05, 0.1) is 22.4 Å². The summed E-state index contributed by atoms with van der Waals surface area (Å²) in [5, 5.41) is 4.47. The number of fused-ring (bicyclic) bond motifs is 5. The predicted molar refractivity (Wildman–Crippen MR) is 238 cm³/mol. The maximum absolute atomic E-state index is 16.8. The summed E-state index contributed by atoms with van der Waals surface area (Å²) in [6.07, 6.45) is 0. The summed E-state index contributed by atoms with van der Waals surface area (Å²) in [5.41, 5.74) is 8.36. The fourth-order valence-corrected chi connectivity index (χ4v) is 11.4. The highest BCUT2D eigenvalue weighted by Gasteiger charge is 2.42. The van der Waals surface area contributed by atoms with Crippen molar-refractivity contribution >= 4 is 61.9 Å². The van der Waals surface area contributed by atoms with Crippen LogP contribution in [0.5, 0.6) is 0 Å². The summed E-state index contributed by atoms with van der Waals surface area (Å²) in [5.74, 6) is 1.65. The molecule has 0 spiro atoms. The summed E-state index contributed by atoms with van der Waals surface area (Å²) in [6.45, 7) is 0. The summed E-state index contributed by atoms with van der Waals surface area (Å²) >= 11 is 0. The van der Waals surface area contributed by atoms with Gasteiger partial charge < -0.3 is 14.0 Å². The first-order valence-corrected chi connectivity index (χ1v) is 21.0. The lowest BCUT2D eigenvalue weighted by Gasteiger charge is -2.38. The average molecular weight is 764 g/mol. The van der Waals surface area contributed by atoms with E-state index < -0.39 is 7.14 Å². The van der Waals surface area contributed by atoms with Crippen molar-refractivity contribution in [3.05, 3.63) is 206 Å². The molecule has 0 fully saturated rings. The van der Waals surface area contributed by atoms with E-state index in [1.807, 2.05) is 109 Å². The van der Waals surface area contributed by atoms with Crippen molar-refractivity contribution < 1.29 is 4.57 Å². The van der Waals surface area contributed by atoms with E-state index in [1.54, 1.807) is 0 Å². The van der Waals surface area contributed by atoms with Gasteiger partial charge in [-0.15, -0.1) is 0 Å². The van der Waals surface area contributed by atoms with Gasteiger partial charge in [0.15, 0.2) is 24.6 Å². The van der Waals surface area contributed by atoms with Crippen LogP contribution >= 0.6 is 7.14 Å². The first-order chi connectivity index (χ1) is 28.6. The second-order valence-corrected chi connectivity index (χ2v) is 17.1. The molecule has 8 aromatic carbocycles. The monoisotopic (exact) mass is 763 g/mol. The zero-order chi connectivity index (χ0) is 38.6. The third-order valence-electron chi connectivity index (χ3n) is 11.0. The zero-order valence-electron chi connectivity index (χ0n) is 31.2. The average Bonchev–Trinajstić information content (AvgIpc) is 3.63. The Morgan fingerprint density at radius 3 is 1.50 bits per heavy atom. The molecule has 10 aromatic rings. The molecule has 0 aliphatic carbocycles. The van der Waals surface area contributed by atoms with Crippen LogP contribution in [0, 0.1) is 0 Å². The SMILES string of the molecule is O=P1(c2ccccc2)c2cc(-c3nc(-c4ccccc4)nc(-c4ccccc4)n3)ccc2N(c2ccccc2)c2cc3c4ccccc4n(-c4ccccc4)c3cc21. The summed E-state index contributed by atoms with van der Waals surface area (Å²) < 4.78 is 19.1. The van der Waals surface area contributed by atoms with E-state index in [0.717, 1.165) is 77.2 Å². The van der Waals surface area contributed by atoms with Crippen molar-refractivity contribution in [2.24, 2.45) is 0 Å². The number of anilines is 3. The van der Waals surface area contributed by atoms with Crippen LogP contribution in [0.4, 0.5) is 17.1 Å². The third kappa shape index (κ3) is 5.42. The molecule has 1 aliphatic rings. The number of hydrogen-bond donors (Lipinski definition) is 0. The molecule has 0 saturated carbocycles. The number of rotatable bonds is 6. The van der Waals surface area contributed by atoms with Gasteiger partial charge >= 0.3 is 0 Å². The fraction of sp³-hybridized carbons (Fsp3) is 0. The smallest absolute Gasteiger partial charge is 0.175 e. The van der Waals surface area contributed by atoms with Crippen molar-refractivity contribution in [1.29, 1.82) is 0 Å². The molecule has 58 heavy (non-hydrogen) atoms. The molecular formula is C51H34N5OP. The Morgan fingerprint density at radius 2 is 0.879 bits per heavy atom. The molecule has 0 amide bonds. The van der Waals surface area contributed by atoms with Gasteiger partial charge in [0.1, 0.15) is 0 Å². The minimum atomic E-state index is -3.58. The van der Waals surface area contributed by atoms with E-state index >= 15 is 4.57 Å². The van der Waals surface area contributed by atoms with E-state index in [0.29, 0.717) is 17.5 Å². The Bertz CT molecular complexity index is 3130. The standard InChI is InChI=1S/C51H34N5OP/c57-58(40-26-14-5-15-27-40)47-32-37(51-53-49(35-18-6-1-7-19-35)52-50(54-51)36-20-8-2-9-21-36)30-31-44(47)56(39-24-12-4-13-25-39)46-33-42-41-28-16-17-29-43(41)55(45(42)34-48(46)58)38-22-10-3-11-23-38/h1-34H. The van der Waals surface area contributed by atoms with Crippen LogP contribution in [0.1, 0.15) is 0 Å². The Kier molecular flexibility index (Phi) is 7.98. The van der Waals surface area contributed by atoms with Crippen molar-refractivity contribution in [3.8, 4) is 39.9 Å². The molecule has 274 valence electrons. The van der Waals surface area contributed by atoms with Gasteiger partial charge in [0.2, 0.25) is 0 Å². The van der Waals surface area contributed by atoms with Crippen molar-refractivity contribution in [2.75, 3.05) is 4.90 Å². The summed E-state index contributed by atoms with van der Waals surface area (Å²) in [7, 11) is -3.58. The van der Waals surface area contributed by atoms with Crippen molar-refractivity contribution in [2.45, 2.75) is 0 Å². The Hall–Kier alpha value is -7.40. The van der Waals surface area contributed by atoms with Gasteiger partial charge in [-0.2, -0.15) is 0 Å². The fourth-order valence-electron chi connectivity index (χ4n) is 8.35. The molecule has 7 heteroatoms. The van der Waals surface area contributed by atoms with Crippen LogP contribution in [0.3, 0.4) is 0 Å². The number of benzene rings is 8. The lowest BCUT2D eigenvalue weighted by Crippen LogP contribution is -2.36. The molecule has 0 saturated heterocycles. The van der Waals surface area contributed by atoms with Crippen LogP contribution in [0.2, 0.25) is 0 Å². The van der Waals surface area contributed by atoms with Crippen LogP contribution in [0.25, 0.3) is 61.7 Å². The van der Waals surface area contributed by atoms with E-state index in [2.05, 4.69) is 107 Å². The predicted octanol–water partition coefficient (Wildman–Crippen LogP) is 11.4. The highest BCUT2D eigenvalue weighted by molar-refractivity contribution is 7.86. The Labute approximate surface area is 335 Å². The van der Waals surface area contributed by atoms with E-state index in [1.165, 1.54) is 0 Å². The zero-order valence-corrected chi connectivity index (χ0v) is 32.1. The maximum atomic E-state index is 16.8. The molecular weight excluding hydrogens is 730 g/mol. The molecule has 0 bridgehead atoms. The van der Waals surface area contributed by atoms with E-state index in [9.17, 15) is 0 Å². The number of para-hydroxylation sites is 3. The van der Waals surface area contributed by atoms with Crippen LogP contribution in [0.15, 0.2) is 206 Å². The van der Waals surface area contributed by atoms with Crippen LogP contribution in [-0.4, -0.2) is 19.5 Å². The van der Waals surface area contributed by atoms with E-state index in [4.69, 9.17) is 15.0 Å². The second kappa shape index (κ2) is 13.7. The van der Waals surface area contributed by atoms with Gasteiger partial charge in [-0.25, -0.2) is 15.0 Å². The molecule has 1 unspecified atom stereocenters. The van der Waals surface area contributed by atoms with Gasteiger partial charge in [0, 0.05) is 54.8 Å². The topological polar surface area (TPSA) is 63.9 Å². The Morgan fingerprint density at radius 1 is 0.379 bits per heavy atom. The minimum absolute atomic E-state index is 0.506. The molecule has 0 N–H and O–H groups in total. The number of aromatic nitrogens is 4. The molecule has 11 rings (SSSR count). The lowest BCUT2D eigenvalue weighted by atomic mass is 10.1. The molecule has 1 atom stereocenters. The van der Waals surface area contributed by atoms with Gasteiger partial charge in [-0.05, 0) is 60.7 Å². The molecule has 6 nitrogen and oxygen atoms in total. The van der Waals surface area contributed by atoms with Crippen molar-refractivity contribution in [1.82, 2.24) is 19.5 Å². The molecule has 1 aliphatic heterocycles. The van der Waals surface area contributed by atoms with Crippen LogP contribution < -0.4 is 20.8 Å². The molecule has 2 aromatic heterocycles. The molecule has 3 heterocycles. The van der Waals surface area contributed by atoms with E-state index in [-0.39, 0.29) is 0 Å². The third-order valence-corrected chi connectivity index (χ3v) is 14.1. The number of hydrogen-bond acceptors (Lipinski definition) is 5. The van der Waals surface area contributed by atoms with Gasteiger partial charge in [0.25, 0.3) is 0 Å². The quantitative estimate of drug-likeness (QED) is 0.158. The highest BCUT2D eigenvalue weighted by atomic mass is 31.2. The lowest BCUT2D eigenvalue weighted by molar-refractivity contribution is 0.592. The summed E-state index contributed by atoms with van der Waals surface area (Å²) in [4.78, 5) is 17.3. The highest BCUT2D eigenvalue weighted by Crippen LogP contribution is 2.56. The normalized spacial score (nSPS) is 14.7. The number of nitrogens with zero attached hydrogens (tertiary/aromatic N) is 5. The second-order valence-electron chi connectivity index (χ2n) is 14.4. The minimum Gasteiger partial charge on any atom is -0.309 e. The van der Waals surface area contributed by atoms with Gasteiger partial charge in [-0.1, -0.05) is 146 Å². The largest absolute Gasteiger partial charge is 0.309 e. The first-order valence-electron chi connectivity index (χ1n) is 19.3. The first kappa shape index (κ1) is 33.9. The maximum Gasteiger partial charge on any atom is 0.175 e. The van der Waals surface area contributed by atoms with Crippen molar-refractivity contribution in [3.63, 3.8) is 0 Å². The Balaban J connectivity index is 1.22. The van der Waals surface area contributed by atoms with Gasteiger partial charge in [-0.3, -0.25) is 0 Å². The molecule has 0 radical (unpaired) electrons. The van der Waals surface area contributed by atoms with Crippen LogP contribution in [-0.2, 0) is 4.57 Å². The summed E-state index contributed by atoms with van der Waals surface area (Å²) in [6, 6.07) is 69.8.